The summed E-state index contributed by atoms with van der Waals surface area (Å²) in [6.45, 7) is 4.30. The summed E-state index contributed by atoms with van der Waals surface area (Å²) in [7, 11) is 0. The molecule has 0 spiro atoms. The van der Waals surface area contributed by atoms with E-state index < -0.39 is 0 Å². The van der Waals surface area contributed by atoms with Crippen LogP contribution in [0, 0.1) is 17.6 Å². The molecule has 0 aromatic carbocycles. The predicted molar refractivity (Wildman–Crippen MR) is 47.2 cm³/mol. The zero-order valence-corrected chi connectivity index (χ0v) is 7.61. The number of H-pyrrole nitrogens is 1. The Morgan fingerprint density at radius 2 is 2.36 bits per heavy atom. The van der Waals surface area contributed by atoms with Crippen molar-refractivity contribution >= 4 is 12.2 Å². The first-order valence-electron chi connectivity index (χ1n) is 3.96. The second-order valence-corrected chi connectivity index (χ2v) is 3.82. The van der Waals surface area contributed by atoms with E-state index in [1.54, 1.807) is 0 Å². The number of rotatable bonds is 1. The van der Waals surface area contributed by atoms with Crippen LogP contribution in [0.1, 0.15) is 25.1 Å². The van der Waals surface area contributed by atoms with Gasteiger partial charge in [0, 0.05) is 17.9 Å². The molecule has 0 saturated heterocycles. The lowest BCUT2D eigenvalue weighted by molar-refractivity contribution is 0.675. The Bertz CT molecular complexity index is 323. The standard InChI is InChI=1S/C8H12N2S/c1-5-3-7(5)10-4-6(2)9-8(10)11/h4-5,7H,3H2,1-2H3,(H,9,11). The molecule has 1 aliphatic rings. The fourth-order valence-corrected chi connectivity index (χ4v) is 1.82. The predicted octanol–water partition coefficient (Wildman–Crippen LogP) is 2.44. The summed E-state index contributed by atoms with van der Waals surface area (Å²) >= 11 is 5.15. The van der Waals surface area contributed by atoms with Crippen LogP contribution in [-0.4, -0.2) is 9.55 Å². The molecule has 1 saturated carbocycles. The molecule has 0 radical (unpaired) electrons. The highest BCUT2D eigenvalue weighted by Gasteiger charge is 2.34. The van der Waals surface area contributed by atoms with Crippen molar-refractivity contribution in [3.63, 3.8) is 0 Å². The molecule has 1 N–H and O–H groups in total. The summed E-state index contributed by atoms with van der Waals surface area (Å²) in [5.41, 5.74) is 1.16. The van der Waals surface area contributed by atoms with E-state index in [4.69, 9.17) is 12.2 Å². The fraction of sp³-hybridized carbons (Fsp3) is 0.625. The van der Waals surface area contributed by atoms with Crippen LogP contribution in [0.5, 0.6) is 0 Å². The third-order valence-electron chi connectivity index (χ3n) is 2.30. The van der Waals surface area contributed by atoms with Crippen LogP contribution in [-0.2, 0) is 0 Å². The minimum Gasteiger partial charge on any atom is -0.335 e. The smallest absolute Gasteiger partial charge is 0.177 e. The van der Waals surface area contributed by atoms with E-state index in [0.717, 1.165) is 16.4 Å². The van der Waals surface area contributed by atoms with Gasteiger partial charge in [0.05, 0.1) is 0 Å². The number of aromatic amines is 1. The molecule has 0 bridgehead atoms. The number of imidazole rings is 1. The lowest BCUT2D eigenvalue weighted by Crippen LogP contribution is -1.92. The lowest BCUT2D eigenvalue weighted by atomic mass is 10.5. The average Bonchev–Trinajstić information content (AvgIpc) is 2.52. The number of hydrogen-bond acceptors (Lipinski definition) is 1. The third kappa shape index (κ3) is 1.13. The number of aromatic nitrogens is 2. The quantitative estimate of drug-likeness (QED) is 0.639. The largest absolute Gasteiger partial charge is 0.335 e. The van der Waals surface area contributed by atoms with Gasteiger partial charge in [-0.05, 0) is 31.5 Å². The van der Waals surface area contributed by atoms with Crippen molar-refractivity contribution in [2.24, 2.45) is 5.92 Å². The fourth-order valence-electron chi connectivity index (χ4n) is 1.47. The van der Waals surface area contributed by atoms with Gasteiger partial charge in [-0.15, -0.1) is 0 Å². The van der Waals surface area contributed by atoms with Gasteiger partial charge in [-0.25, -0.2) is 0 Å². The van der Waals surface area contributed by atoms with Gasteiger partial charge in [0.1, 0.15) is 0 Å². The van der Waals surface area contributed by atoms with Gasteiger partial charge >= 0.3 is 0 Å². The highest BCUT2D eigenvalue weighted by Crippen LogP contribution is 2.42. The number of hydrogen-bond donors (Lipinski definition) is 1. The molecule has 1 aromatic heterocycles. The molecular formula is C8H12N2S. The zero-order valence-electron chi connectivity index (χ0n) is 6.79. The minimum absolute atomic E-state index is 0.674. The highest BCUT2D eigenvalue weighted by molar-refractivity contribution is 7.71. The Morgan fingerprint density at radius 1 is 1.73 bits per heavy atom. The van der Waals surface area contributed by atoms with Gasteiger partial charge in [0.15, 0.2) is 4.77 Å². The first-order valence-corrected chi connectivity index (χ1v) is 4.37. The van der Waals surface area contributed by atoms with Crippen molar-refractivity contribution in [1.82, 2.24) is 9.55 Å². The zero-order chi connectivity index (χ0) is 8.01. The van der Waals surface area contributed by atoms with Crippen LogP contribution in [0.4, 0.5) is 0 Å². The van der Waals surface area contributed by atoms with E-state index in [0.29, 0.717) is 6.04 Å². The van der Waals surface area contributed by atoms with Gasteiger partial charge in [0.25, 0.3) is 0 Å². The van der Waals surface area contributed by atoms with Crippen molar-refractivity contribution < 1.29 is 0 Å². The summed E-state index contributed by atoms with van der Waals surface area (Å²) in [6.07, 6.45) is 3.39. The second kappa shape index (κ2) is 2.21. The van der Waals surface area contributed by atoms with Crippen molar-refractivity contribution in [1.29, 1.82) is 0 Å². The molecule has 60 valence electrons. The Labute approximate surface area is 71.2 Å². The van der Waals surface area contributed by atoms with Gasteiger partial charge in [-0.3, -0.25) is 0 Å². The Balaban J connectivity index is 2.38. The molecule has 11 heavy (non-hydrogen) atoms. The Hall–Kier alpha value is -0.570. The summed E-state index contributed by atoms with van der Waals surface area (Å²) in [6, 6.07) is 0.674. The molecule has 1 heterocycles. The number of aryl methyl sites for hydroxylation is 1. The molecule has 3 heteroatoms. The van der Waals surface area contributed by atoms with E-state index in [1.165, 1.54) is 6.42 Å². The molecule has 0 amide bonds. The average molecular weight is 168 g/mol. The SMILES string of the molecule is Cc1cn(C2CC2C)c(=S)[nH]1. The lowest BCUT2D eigenvalue weighted by Gasteiger charge is -1.95. The molecule has 2 atom stereocenters. The Morgan fingerprint density at radius 3 is 2.73 bits per heavy atom. The van der Waals surface area contributed by atoms with Gasteiger partial charge in [0.2, 0.25) is 0 Å². The maximum Gasteiger partial charge on any atom is 0.177 e. The van der Waals surface area contributed by atoms with Crippen LogP contribution in [0.2, 0.25) is 0 Å². The van der Waals surface area contributed by atoms with E-state index in [2.05, 4.69) is 22.7 Å². The van der Waals surface area contributed by atoms with E-state index >= 15 is 0 Å². The summed E-state index contributed by atoms with van der Waals surface area (Å²) < 4.78 is 3.05. The van der Waals surface area contributed by atoms with Crippen LogP contribution in [0.3, 0.4) is 0 Å². The summed E-state index contributed by atoms with van der Waals surface area (Å²) in [5.74, 6) is 0.817. The molecule has 0 aliphatic heterocycles. The maximum atomic E-state index is 5.15. The molecule has 2 rings (SSSR count). The second-order valence-electron chi connectivity index (χ2n) is 3.43. The maximum absolute atomic E-state index is 5.15. The monoisotopic (exact) mass is 168 g/mol. The molecule has 2 unspecified atom stereocenters. The van der Waals surface area contributed by atoms with Crippen molar-refractivity contribution in [2.75, 3.05) is 0 Å². The molecule has 1 fully saturated rings. The van der Waals surface area contributed by atoms with Crippen LogP contribution in [0.25, 0.3) is 0 Å². The normalized spacial score (nSPS) is 28.9. The van der Waals surface area contributed by atoms with Crippen LogP contribution < -0.4 is 0 Å². The molecule has 1 aromatic rings. The van der Waals surface area contributed by atoms with Crippen molar-refractivity contribution in [2.45, 2.75) is 26.3 Å². The summed E-state index contributed by atoms with van der Waals surface area (Å²) in [4.78, 5) is 3.13. The third-order valence-corrected chi connectivity index (χ3v) is 2.61. The van der Waals surface area contributed by atoms with Crippen LogP contribution >= 0.6 is 12.2 Å². The first kappa shape index (κ1) is 7.10. The van der Waals surface area contributed by atoms with Gasteiger partial charge in [-0.2, -0.15) is 0 Å². The minimum atomic E-state index is 0.674. The topological polar surface area (TPSA) is 20.7 Å². The van der Waals surface area contributed by atoms with Crippen molar-refractivity contribution in [3.8, 4) is 0 Å². The van der Waals surface area contributed by atoms with Crippen LogP contribution in [0.15, 0.2) is 6.20 Å². The van der Waals surface area contributed by atoms with Crippen molar-refractivity contribution in [3.05, 3.63) is 16.7 Å². The molecule has 2 nitrogen and oxygen atoms in total. The molecule has 1 aliphatic carbocycles. The number of nitrogens with zero attached hydrogens (tertiary/aromatic N) is 1. The van der Waals surface area contributed by atoms with Gasteiger partial charge in [-0.1, -0.05) is 6.92 Å². The number of nitrogens with one attached hydrogen (secondary N) is 1. The first-order chi connectivity index (χ1) is 5.18. The van der Waals surface area contributed by atoms with E-state index in [1.807, 2.05) is 6.92 Å². The summed E-state index contributed by atoms with van der Waals surface area (Å²) in [5, 5.41) is 0. The Kier molecular flexibility index (Phi) is 1.42. The highest BCUT2D eigenvalue weighted by atomic mass is 32.1. The van der Waals surface area contributed by atoms with E-state index in [-0.39, 0.29) is 0 Å². The van der Waals surface area contributed by atoms with Gasteiger partial charge < -0.3 is 9.55 Å². The molecular weight excluding hydrogens is 156 g/mol. The van der Waals surface area contributed by atoms with E-state index in [9.17, 15) is 0 Å².